The van der Waals surface area contributed by atoms with E-state index >= 15 is 0 Å². The van der Waals surface area contributed by atoms with Crippen molar-refractivity contribution in [2.24, 2.45) is 0 Å². The van der Waals surface area contributed by atoms with Gasteiger partial charge in [-0.25, -0.2) is 9.78 Å². The largest absolute Gasteiger partial charge is 0.497 e. The Labute approximate surface area is 182 Å². The minimum absolute atomic E-state index is 0.0906. The van der Waals surface area contributed by atoms with Gasteiger partial charge in [0.25, 0.3) is 0 Å². The van der Waals surface area contributed by atoms with E-state index in [-0.39, 0.29) is 6.03 Å². The molecular weight excluding hydrogens is 392 g/mol. The second-order valence-electron chi connectivity index (χ2n) is 7.81. The van der Waals surface area contributed by atoms with Crippen LogP contribution >= 0.6 is 0 Å². The average Bonchev–Trinajstić information content (AvgIpc) is 3.15. The number of rotatable bonds is 5. The monoisotopic (exact) mass is 420 g/mol. The molecule has 2 heterocycles. The molecule has 1 fully saturated rings. The topological polar surface area (TPSA) is 70.8 Å². The average molecular weight is 421 g/mol. The summed E-state index contributed by atoms with van der Waals surface area (Å²) < 4.78 is 11.1. The van der Waals surface area contributed by atoms with Gasteiger partial charge in [-0.05, 0) is 38.1 Å². The number of nitrogens with zero attached hydrogens (tertiary/aromatic N) is 3. The van der Waals surface area contributed by atoms with Gasteiger partial charge in [0.15, 0.2) is 0 Å². The highest BCUT2D eigenvalue weighted by atomic mass is 16.5. The summed E-state index contributed by atoms with van der Waals surface area (Å²) >= 11 is 0. The summed E-state index contributed by atoms with van der Waals surface area (Å²) in [5.74, 6) is 2.22. The van der Waals surface area contributed by atoms with E-state index in [1.54, 1.807) is 7.11 Å². The van der Waals surface area contributed by atoms with Crippen molar-refractivity contribution in [3.63, 3.8) is 0 Å². The van der Waals surface area contributed by atoms with E-state index in [9.17, 15) is 4.79 Å². The molecule has 0 saturated carbocycles. The minimum atomic E-state index is -0.0906. The number of ether oxygens (including phenoxy) is 1. The highest BCUT2D eigenvalue weighted by Crippen LogP contribution is 2.23. The van der Waals surface area contributed by atoms with Gasteiger partial charge >= 0.3 is 6.03 Å². The van der Waals surface area contributed by atoms with Crippen LogP contribution in [0.15, 0.2) is 52.9 Å². The van der Waals surface area contributed by atoms with Gasteiger partial charge in [-0.1, -0.05) is 23.8 Å². The van der Waals surface area contributed by atoms with Gasteiger partial charge in [0, 0.05) is 50.0 Å². The van der Waals surface area contributed by atoms with Gasteiger partial charge in [0.1, 0.15) is 11.5 Å². The number of aromatic nitrogens is 1. The fraction of sp³-hybridized carbons (Fsp3) is 0.333. The maximum Gasteiger partial charge on any atom is 0.321 e. The minimum Gasteiger partial charge on any atom is -0.497 e. The lowest BCUT2D eigenvalue weighted by atomic mass is 10.1. The van der Waals surface area contributed by atoms with Crippen LogP contribution in [0, 0.1) is 13.8 Å². The molecule has 0 bridgehead atoms. The van der Waals surface area contributed by atoms with Crippen molar-refractivity contribution in [3.8, 4) is 17.2 Å². The van der Waals surface area contributed by atoms with Crippen LogP contribution in [0.25, 0.3) is 11.5 Å². The molecule has 7 nitrogen and oxygen atoms in total. The molecule has 2 amide bonds. The van der Waals surface area contributed by atoms with Crippen LogP contribution in [-0.2, 0) is 6.54 Å². The Morgan fingerprint density at radius 3 is 2.55 bits per heavy atom. The Kier molecular flexibility index (Phi) is 6.23. The van der Waals surface area contributed by atoms with Crippen LogP contribution in [0.5, 0.6) is 5.75 Å². The Morgan fingerprint density at radius 1 is 1.10 bits per heavy atom. The highest BCUT2D eigenvalue weighted by molar-refractivity contribution is 5.89. The summed E-state index contributed by atoms with van der Waals surface area (Å²) in [5, 5.41) is 2.95. The number of hydrogen-bond donors (Lipinski definition) is 1. The second kappa shape index (κ2) is 9.22. The molecule has 1 aliphatic rings. The molecule has 2 aromatic carbocycles. The van der Waals surface area contributed by atoms with E-state index in [0.29, 0.717) is 25.5 Å². The first-order chi connectivity index (χ1) is 15.0. The van der Waals surface area contributed by atoms with Gasteiger partial charge in [0.2, 0.25) is 5.89 Å². The van der Waals surface area contributed by atoms with Crippen molar-refractivity contribution in [3.05, 3.63) is 65.5 Å². The quantitative estimate of drug-likeness (QED) is 0.666. The SMILES string of the molecule is COc1cccc(NC(=O)N2CCN(Cc3nc(-c4ccc(C)cc4)oc3C)CC2)c1. The normalized spacial score (nSPS) is 14.5. The van der Waals surface area contributed by atoms with Crippen LogP contribution in [0.1, 0.15) is 17.0 Å². The first kappa shape index (κ1) is 20.9. The van der Waals surface area contributed by atoms with Crippen LogP contribution in [-0.4, -0.2) is 54.1 Å². The molecule has 4 rings (SSSR count). The number of benzene rings is 2. The zero-order chi connectivity index (χ0) is 21.8. The van der Waals surface area contributed by atoms with E-state index < -0.39 is 0 Å². The van der Waals surface area contributed by atoms with Crippen LogP contribution < -0.4 is 10.1 Å². The third kappa shape index (κ3) is 5.06. The molecule has 0 spiro atoms. The Morgan fingerprint density at radius 2 is 1.84 bits per heavy atom. The van der Waals surface area contributed by atoms with Gasteiger partial charge in [-0.2, -0.15) is 0 Å². The maximum atomic E-state index is 12.6. The summed E-state index contributed by atoms with van der Waals surface area (Å²) in [4.78, 5) is 21.5. The van der Waals surface area contributed by atoms with Crippen molar-refractivity contribution >= 4 is 11.7 Å². The smallest absolute Gasteiger partial charge is 0.321 e. The number of anilines is 1. The number of aryl methyl sites for hydroxylation is 2. The first-order valence-corrected chi connectivity index (χ1v) is 10.5. The van der Waals surface area contributed by atoms with E-state index in [4.69, 9.17) is 14.1 Å². The highest BCUT2D eigenvalue weighted by Gasteiger charge is 2.23. The van der Waals surface area contributed by atoms with E-state index in [2.05, 4.69) is 29.3 Å². The van der Waals surface area contributed by atoms with E-state index in [1.807, 2.05) is 48.2 Å². The molecular formula is C24H28N4O3. The number of carbonyl (C=O) groups excluding carboxylic acids is 1. The number of urea groups is 1. The number of carbonyl (C=O) groups is 1. The Hall–Kier alpha value is -3.32. The number of piperazine rings is 1. The van der Waals surface area contributed by atoms with E-state index in [1.165, 1.54) is 5.56 Å². The molecule has 7 heteroatoms. The van der Waals surface area contributed by atoms with E-state index in [0.717, 1.165) is 41.5 Å². The van der Waals surface area contributed by atoms with Crippen molar-refractivity contribution in [2.45, 2.75) is 20.4 Å². The molecule has 1 aromatic heterocycles. The predicted octanol–water partition coefficient (Wildman–Crippen LogP) is 4.32. The molecule has 1 aliphatic heterocycles. The molecule has 3 aromatic rings. The standard InChI is InChI=1S/C24H28N4O3/c1-17-7-9-19(10-8-17)23-26-22(18(2)31-23)16-27-11-13-28(14-12-27)24(29)25-20-5-4-6-21(15-20)30-3/h4-10,15H,11-14,16H2,1-3H3,(H,25,29). The zero-order valence-electron chi connectivity index (χ0n) is 18.2. The van der Waals surface area contributed by atoms with Crippen molar-refractivity contribution in [1.82, 2.24) is 14.8 Å². The van der Waals surface area contributed by atoms with Crippen LogP contribution in [0.4, 0.5) is 10.5 Å². The molecule has 1 saturated heterocycles. The first-order valence-electron chi connectivity index (χ1n) is 10.5. The summed E-state index contributed by atoms with van der Waals surface area (Å²) in [7, 11) is 1.61. The Balaban J connectivity index is 1.32. The fourth-order valence-electron chi connectivity index (χ4n) is 3.62. The van der Waals surface area contributed by atoms with Crippen LogP contribution in [0.3, 0.4) is 0 Å². The molecule has 0 radical (unpaired) electrons. The number of oxazole rings is 1. The molecule has 31 heavy (non-hydrogen) atoms. The lowest BCUT2D eigenvalue weighted by Crippen LogP contribution is -2.49. The van der Waals surface area contributed by atoms with Gasteiger partial charge < -0.3 is 19.4 Å². The maximum absolute atomic E-state index is 12.6. The molecule has 162 valence electrons. The van der Waals surface area contributed by atoms with Gasteiger partial charge in [-0.15, -0.1) is 0 Å². The summed E-state index contributed by atoms with van der Waals surface area (Å²) in [6, 6.07) is 15.5. The predicted molar refractivity (Wildman–Crippen MR) is 120 cm³/mol. The third-order valence-electron chi connectivity index (χ3n) is 5.55. The second-order valence-corrected chi connectivity index (χ2v) is 7.81. The number of nitrogens with one attached hydrogen (secondary N) is 1. The summed E-state index contributed by atoms with van der Waals surface area (Å²) in [6.07, 6.45) is 0. The number of methoxy groups -OCH3 is 1. The molecule has 0 atom stereocenters. The van der Waals surface area contributed by atoms with Crippen molar-refractivity contribution < 1.29 is 13.9 Å². The van der Waals surface area contributed by atoms with Gasteiger partial charge in [0.05, 0.1) is 12.8 Å². The van der Waals surface area contributed by atoms with Crippen LogP contribution in [0.2, 0.25) is 0 Å². The lowest BCUT2D eigenvalue weighted by molar-refractivity contribution is 0.141. The zero-order valence-corrected chi connectivity index (χ0v) is 18.2. The number of amides is 2. The summed E-state index contributed by atoms with van der Waals surface area (Å²) in [5.41, 5.74) is 3.87. The molecule has 1 N–H and O–H groups in total. The van der Waals surface area contributed by atoms with Crippen molar-refractivity contribution in [1.29, 1.82) is 0 Å². The lowest BCUT2D eigenvalue weighted by Gasteiger charge is -2.34. The third-order valence-corrected chi connectivity index (χ3v) is 5.55. The fourth-order valence-corrected chi connectivity index (χ4v) is 3.62. The number of hydrogen-bond acceptors (Lipinski definition) is 5. The van der Waals surface area contributed by atoms with Gasteiger partial charge in [-0.3, -0.25) is 4.90 Å². The molecule has 0 aliphatic carbocycles. The molecule has 0 unspecified atom stereocenters. The Bertz CT molecular complexity index is 1040. The summed E-state index contributed by atoms with van der Waals surface area (Å²) in [6.45, 7) is 7.64. The van der Waals surface area contributed by atoms with Crippen molar-refractivity contribution in [2.75, 3.05) is 38.6 Å².